The van der Waals surface area contributed by atoms with E-state index >= 15 is 0 Å². The third kappa shape index (κ3) is 3.66. The van der Waals surface area contributed by atoms with Crippen LogP contribution in [0.5, 0.6) is 0 Å². The maximum absolute atomic E-state index is 12.6. The highest BCUT2D eigenvalue weighted by atomic mass is 32.2. The van der Waals surface area contributed by atoms with Crippen LogP contribution in [-0.2, 0) is 4.79 Å². The van der Waals surface area contributed by atoms with Gasteiger partial charge in [-0.25, -0.2) is 0 Å². The smallest absolute Gasteiger partial charge is 0.235 e. The van der Waals surface area contributed by atoms with Crippen LogP contribution in [0.25, 0.3) is 0 Å². The highest BCUT2D eigenvalue weighted by Gasteiger charge is 2.34. The van der Waals surface area contributed by atoms with Gasteiger partial charge in [-0.05, 0) is 51.4 Å². The van der Waals surface area contributed by atoms with Crippen LogP contribution >= 0.6 is 11.8 Å². The van der Waals surface area contributed by atoms with Gasteiger partial charge in [-0.15, -0.1) is 10.2 Å². The van der Waals surface area contributed by atoms with Crippen molar-refractivity contribution >= 4 is 23.6 Å². The first-order valence-electron chi connectivity index (χ1n) is 9.79. The molecule has 25 heavy (non-hydrogen) atoms. The van der Waals surface area contributed by atoms with Crippen molar-refractivity contribution < 1.29 is 4.79 Å². The first-order chi connectivity index (χ1) is 12.1. The monoisotopic (exact) mass is 363 g/mol. The van der Waals surface area contributed by atoms with E-state index in [1.165, 1.54) is 25.7 Å². The maximum atomic E-state index is 12.6. The van der Waals surface area contributed by atoms with Crippen molar-refractivity contribution in [1.29, 1.82) is 0 Å². The fraction of sp³-hybridized carbons (Fsp3) is 0.833. The lowest BCUT2D eigenvalue weighted by atomic mass is 10.00. The van der Waals surface area contributed by atoms with Gasteiger partial charge in [0.1, 0.15) is 0 Å². The summed E-state index contributed by atoms with van der Waals surface area (Å²) in [6, 6.07) is 0.529. The van der Waals surface area contributed by atoms with E-state index in [4.69, 9.17) is 0 Å². The van der Waals surface area contributed by atoms with E-state index in [-0.39, 0.29) is 11.2 Å². The predicted octanol–water partition coefficient (Wildman–Crippen LogP) is 2.95. The van der Waals surface area contributed by atoms with E-state index < -0.39 is 0 Å². The molecule has 0 aromatic carbocycles. The number of rotatable bonds is 5. The van der Waals surface area contributed by atoms with Crippen LogP contribution in [0.4, 0.5) is 5.95 Å². The molecule has 3 heterocycles. The molecule has 2 aliphatic heterocycles. The molecule has 138 valence electrons. The lowest BCUT2D eigenvalue weighted by molar-refractivity contribution is -0.129. The van der Waals surface area contributed by atoms with E-state index in [0.29, 0.717) is 6.04 Å². The van der Waals surface area contributed by atoms with Gasteiger partial charge in [0.2, 0.25) is 11.9 Å². The number of nitrogens with zero attached hydrogens (tertiary/aromatic N) is 5. The van der Waals surface area contributed by atoms with Gasteiger partial charge in [-0.1, -0.05) is 18.7 Å². The number of hydrogen-bond donors (Lipinski definition) is 0. The number of amides is 1. The Morgan fingerprint density at radius 3 is 2.40 bits per heavy atom. The molecule has 1 aliphatic carbocycles. The Balaban J connectivity index is 1.49. The number of carbonyl (C=O) groups excluding carboxylic acids is 1. The topological polar surface area (TPSA) is 54.3 Å². The van der Waals surface area contributed by atoms with E-state index in [2.05, 4.69) is 26.6 Å². The SMILES string of the molecule is CC1CCN(c2nnc(SC(C)C(=O)N3CCCC3)n2C2CC2)CC1. The van der Waals surface area contributed by atoms with E-state index in [1.54, 1.807) is 11.8 Å². The average molecular weight is 364 g/mol. The fourth-order valence-electron chi connectivity index (χ4n) is 3.83. The highest BCUT2D eigenvalue weighted by molar-refractivity contribution is 8.00. The largest absolute Gasteiger partial charge is 0.342 e. The molecule has 0 radical (unpaired) electrons. The zero-order chi connectivity index (χ0) is 17.4. The minimum atomic E-state index is -0.0889. The molecule has 1 aromatic rings. The third-order valence-corrected chi connectivity index (χ3v) is 6.72. The Morgan fingerprint density at radius 2 is 1.76 bits per heavy atom. The summed E-state index contributed by atoms with van der Waals surface area (Å²) < 4.78 is 2.31. The number of anilines is 1. The summed E-state index contributed by atoms with van der Waals surface area (Å²) in [6.45, 7) is 8.31. The Hall–Kier alpha value is -1.24. The number of aromatic nitrogens is 3. The van der Waals surface area contributed by atoms with Crippen LogP contribution in [0.2, 0.25) is 0 Å². The maximum Gasteiger partial charge on any atom is 0.235 e. The molecular weight excluding hydrogens is 334 g/mol. The lowest BCUT2D eigenvalue weighted by Gasteiger charge is -2.31. The van der Waals surface area contributed by atoms with Crippen LogP contribution in [-0.4, -0.2) is 57.0 Å². The summed E-state index contributed by atoms with van der Waals surface area (Å²) in [5.41, 5.74) is 0. The molecule has 1 amide bonds. The van der Waals surface area contributed by atoms with Gasteiger partial charge >= 0.3 is 0 Å². The number of thioether (sulfide) groups is 1. The quantitative estimate of drug-likeness (QED) is 0.753. The van der Waals surface area contributed by atoms with E-state index in [9.17, 15) is 4.79 Å². The molecule has 7 heteroatoms. The van der Waals surface area contributed by atoms with Crippen molar-refractivity contribution in [2.45, 2.75) is 68.8 Å². The zero-order valence-corrected chi connectivity index (χ0v) is 16.2. The fourth-order valence-corrected chi connectivity index (χ4v) is 4.83. The number of carbonyl (C=O) groups is 1. The minimum Gasteiger partial charge on any atom is -0.342 e. The van der Waals surface area contributed by atoms with Gasteiger partial charge in [0.15, 0.2) is 5.16 Å². The van der Waals surface area contributed by atoms with Crippen LogP contribution in [0.1, 0.15) is 58.4 Å². The van der Waals surface area contributed by atoms with Gasteiger partial charge in [-0.3, -0.25) is 9.36 Å². The number of piperidine rings is 1. The predicted molar refractivity (Wildman–Crippen MR) is 100 cm³/mol. The second-order valence-electron chi connectivity index (χ2n) is 7.85. The van der Waals surface area contributed by atoms with Crippen LogP contribution in [0.3, 0.4) is 0 Å². The first kappa shape index (κ1) is 17.2. The molecule has 1 unspecified atom stereocenters. The Bertz CT molecular complexity index is 615. The van der Waals surface area contributed by atoms with Crippen molar-refractivity contribution in [2.24, 2.45) is 5.92 Å². The van der Waals surface area contributed by atoms with Crippen molar-refractivity contribution in [2.75, 3.05) is 31.1 Å². The number of hydrogen-bond acceptors (Lipinski definition) is 5. The van der Waals surface area contributed by atoms with Crippen molar-refractivity contribution in [3.63, 3.8) is 0 Å². The summed E-state index contributed by atoms with van der Waals surface area (Å²) in [6.07, 6.45) is 7.14. The molecule has 3 aliphatic rings. The summed E-state index contributed by atoms with van der Waals surface area (Å²) in [4.78, 5) is 17.0. The summed E-state index contributed by atoms with van der Waals surface area (Å²) in [7, 11) is 0. The molecule has 0 N–H and O–H groups in total. The molecule has 3 fully saturated rings. The Labute approximate surface area is 154 Å². The molecular formula is C18H29N5OS. The van der Waals surface area contributed by atoms with Crippen molar-refractivity contribution in [3.05, 3.63) is 0 Å². The summed E-state index contributed by atoms with van der Waals surface area (Å²) in [5.74, 6) is 2.08. The van der Waals surface area contributed by atoms with Crippen LogP contribution < -0.4 is 4.90 Å². The third-order valence-electron chi connectivity index (χ3n) is 5.67. The lowest BCUT2D eigenvalue weighted by Crippen LogP contribution is -2.35. The zero-order valence-electron chi connectivity index (χ0n) is 15.4. The standard InChI is InChI=1S/C18H29N5OS/c1-13-7-11-22(12-8-13)17-19-20-18(23(17)15-5-6-15)25-14(2)16(24)21-9-3-4-10-21/h13-15H,3-12H2,1-2H3. The van der Waals surface area contributed by atoms with Gasteiger partial charge in [0.25, 0.3) is 0 Å². The van der Waals surface area contributed by atoms with Gasteiger partial charge < -0.3 is 9.80 Å². The molecule has 0 spiro atoms. The van der Waals surface area contributed by atoms with Crippen molar-refractivity contribution in [1.82, 2.24) is 19.7 Å². The van der Waals surface area contributed by atoms with Gasteiger partial charge in [-0.2, -0.15) is 0 Å². The molecule has 6 nitrogen and oxygen atoms in total. The minimum absolute atomic E-state index is 0.0889. The second-order valence-corrected chi connectivity index (χ2v) is 9.15. The molecule has 0 bridgehead atoms. The van der Waals surface area contributed by atoms with E-state index in [0.717, 1.165) is 56.0 Å². The van der Waals surface area contributed by atoms with Crippen molar-refractivity contribution in [3.8, 4) is 0 Å². The summed E-state index contributed by atoms with van der Waals surface area (Å²) in [5, 5.41) is 9.85. The molecule has 4 rings (SSSR count). The molecule has 1 aromatic heterocycles. The average Bonchev–Trinajstić information content (AvgIpc) is 3.14. The highest BCUT2D eigenvalue weighted by Crippen LogP contribution is 2.42. The van der Waals surface area contributed by atoms with Gasteiger partial charge in [0, 0.05) is 32.2 Å². The number of likely N-dealkylation sites (tertiary alicyclic amines) is 1. The Morgan fingerprint density at radius 1 is 1.08 bits per heavy atom. The van der Waals surface area contributed by atoms with E-state index in [1.807, 2.05) is 11.8 Å². The normalized spacial score (nSPS) is 23.3. The molecule has 1 saturated carbocycles. The molecule has 2 saturated heterocycles. The van der Waals surface area contributed by atoms with Crippen LogP contribution in [0.15, 0.2) is 5.16 Å². The molecule has 1 atom stereocenters. The summed E-state index contributed by atoms with van der Waals surface area (Å²) >= 11 is 1.59. The Kier molecular flexibility index (Phi) is 4.93. The first-order valence-corrected chi connectivity index (χ1v) is 10.7. The van der Waals surface area contributed by atoms with Gasteiger partial charge in [0.05, 0.1) is 5.25 Å². The van der Waals surface area contributed by atoms with Crippen LogP contribution in [0, 0.1) is 5.92 Å². The second kappa shape index (κ2) is 7.17.